The minimum atomic E-state index is 0.125. The van der Waals surface area contributed by atoms with Gasteiger partial charge in [0.05, 0.1) is 0 Å². The first-order valence-corrected chi connectivity index (χ1v) is 5.39. The molecular weight excluding hydrogens is 164 g/mol. The first-order chi connectivity index (χ1) is 5.48. The van der Waals surface area contributed by atoms with E-state index in [1.165, 1.54) is 5.57 Å². The number of hydrogen-bond acceptors (Lipinski definition) is 1. The van der Waals surface area contributed by atoms with E-state index in [2.05, 4.69) is 44.9 Å². The van der Waals surface area contributed by atoms with Gasteiger partial charge in [-0.2, -0.15) is 0 Å². The molecule has 0 heterocycles. The van der Waals surface area contributed by atoms with E-state index in [0.29, 0.717) is 0 Å². The predicted molar refractivity (Wildman–Crippen MR) is 59.1 cm³/mol. The van der Waals surface area contributed by atoms with Crippen LogP contribution in [0.15, 0.2) is 11.6 Å². The van der Waals surface area contributed by atoms with Gasteiger partial charge in [-0.05, 0) is 45.6 Å². The molecular formula is C11H18S. The van der Waals surface area contributed by atoms with E-state index in [4.69, 9.17) is 0 Å². The van der Waals surface area contributed by atoms with E-state index in [1.54, 1.807) is 11.8 Å². The highest BCUT2D eigenvalue weighted by Crippen LogP contribution is 2.20. The van der Waals surface area contributed by atoms with Gasteiger partial charge in [-0.15, -0.1) is 0 Å². The van der Waals surface area contributed by atoms with Crippen LogP contribution in [0.2, 0.25) is 0 Å². The third-order valence-corrected chi connectivity index (χ3v) is 1.82. The van der Waals surface area contributed by atoms with Crippen molar-refractivity contribution in [2.75, 3.05) is 6.26 Å². The summed E-state index contributed by atoms with van der Waals surface area (Å²) in [7, 11) is 0. The van der Waals surface area contributed by atoms with E-state index in [0.717, 1.165) is 6.42 Å². The molecule has 0 aliphatic carbocycles. The van der Waals surface area contributed by atoms with Crippen molar-refractivity contribution in [1.82, 2.24) is 0 Å². The van der Waals surface area contributed by atoms with Crippen LogP contribution in [-0.4, -0.2) is 6.26 Å². The molecule has 0 aromatic rings. The van der Waals surface area contributed by atoms with Crippen LogP contribution < -0.4 is 0 Å². The summed E-state index contributed by atoms with van der Waals surface area (Å²) >= 11 is 1.58. The molecule has 0 rings (SSSR count). The van der Waals surface area contributed by atoms with Crippen LogP contribution in [-0.2, 0) is 0 Å². The zero-order chi connectivity index (χ0) is 9.61. The Labute approximate surface area is 80.8 Å². The smallest absolute Gasteiger partial charge is 0.0301 e. The summed E-state index contributed by atoms with van der Waals surface area (Å²) in [6.45, 7) is 8.60. The van der Waals surface area contributed by atoms with Crippen molar-refractivity contribution in [2.45, 2.75) is 34.1 Å². The third kappa shape index (κ3) is 6.37. The lowest BCUT2D eigenvalue weighted by Crippen LogP contribution is -2.05. The summed E-state index contributed by atoms with van der Waals surface area (Å²) in [6, 6.07) is 0. The molecule has 0 spiro atoms. The maximum Gasteiger partial charge on any atom is 0.0301 e. The summed E-state index contributed by atoms with van der Waals surface area (Å²) < 4.78 is 0. The Morgan fingerprint density at radius 2 is 2.00 bits per heavy atom. The van der Waals surface area contributed by atoms with Crippen molar-refractivity contribution >= 4 is 11.8 Å². The fraction of sp³-hybridized carbons (Fsp3) is 0.636. The fourth-order valence-electron chi connectivity index (χ4n) is 0.699. The Bertz CT molecular complexity index is 209. The average molecular weight is 182 g/mol. The third-order valence-electron chi connectivity index (χ3n) is 1.51. The van der Waals surface area contributed by atoms with Crippen LogP contribution in [0.25, 0.3) is 0 Å². The van der Waals surface area contributed by atoms with Gasteiger partial charge < -0.3 is 0 Å². The Morgan fingerprint density at radius 3 is 2.42 bits per heavy atom. The molecule has 0 saturated carbocycles. The van der Waals surface area contributed by atoms with Gasteiger partial charge in [-0.25, -0.2) is 0 Å². The van der Waals surface area contributed by atoms with E-state index in [1.807, 2.05) is 6.26 Å². The number of rotatable bonds is 2. The Balaban J connectivity index is 4.13. The largest absolute Gasteiger partial charge is 0.0847 e. The van der Waals surface area contributed by atoms with Gasteiger partial charge in [-0.1, -0.05) is 29.3 Å². The number of thioether (sulfide) groups is 1. The lowest BCUT2D eigenvalue weighted by molar-refractivity contribution is 0.512. The van der Waals surface area contributed by atoms with Crippen LogP contribution in [0.4, 0.5) is 0 Å². The van der Waals surface area contributed by atoms with Crippen molar-refractivity contribution in [3.05, 3.63) is 11.6 Å². The van der Waals surface area contributed by atoms with Crippen LogP contribution in [0.3, 0.4) is 0 Å². The molecule has 0 nitrogen and oxygen atoms in total. The second kappa shape index (κ2) is 5.32. The summed E-state index contributed by atoms with van der Waals surface area (Å²) in [5, 5.41) is 3.05. The minimum Gasteiger partial charge on any atom is -0.0847 e. The molecule has 1 heteroatoms. The molecule has 0 saturated heterocycles. The maximum atomic E-state index is 3.23. The van der Waals surface area contributed by atoms with Gasteiger partial charge in [0.1, 0.15) is 0 Å². The molecule has 0 fully saturated rings. The number of hydrogen-bond donors (Lipinski definition) is 0. The standard InChI is InChI=1S/C11H18S/c1-10(2)6-7-11(3,4)8-9-12-5/h6H,7H2,1-5H3. The van der Waals surface area contributed by atoms with E-state index in [-0.39, 0.29) is 5.41 Å². The zero-order valence-electron chi connectivity index (χ0n) is 8.69. The molecule has 0 aliphatic heterocycles. The van der Waals surface area contributed by atoms with Crippen molar-refractivity contribution in [3.8, 4) is 11.2 Å². The van der Waals surface area contributed by atoms with Gasteiger partial charge in [-0.3, -0.25) is 0 Å². The average Bonchev–Trinajstić information content (AvgIpc) is 1.98. The monoisotopic (exact) mass is 182 g/mol. The van der Waals surface area contributed by atoms with Crippen LogP contribution in [0.1, 0.15) is 34.1 Å². The SMILES string of the molecule is CSC#CC(C)(C)CC=C(C)C. The van der Waals surface area contributed by atoms with Crippen LogP contribution in [0, 0.1) is 16.6 Å². The first kappa shape index (κ1) is 11.6. The van der Waals surface area contributed by atoms with Gasteiger partial charge in [0.15, 0.2) is 0 Å². The minimum absolute atomic E-state index is 0.125. The molecule has 0 radical (unpaired) electrons. The van der Waals surface area contributed by atoms with Crippen molar-refractivity contribution in [3.63, 3.8) is 0 Å². The highest BCUT2D eigenvalue weighted by Gasteiger charge is 2.11. The summed E-state index contributed by atoms with van der Waals surface area (Å²) in [6.07, 6.45) is 5.29. The Hall–Kier alpha value is -0.350. The highest BCUT2D eigenvalue weighted by molar-refractivity contribution is 8.03. The summed E-state index contributed by atoms with van der Waals surface area (Å²) in [4.78, 5) is 0. The molecule has 0 aromatic heterocycles. The lowest BCUT2D eigenvalue weighted by Gasteiger charge is -2.14. The molecule has 0 aliphatic rings. The topological polar surface area (TPSA) is 0 Å². The Morgan fingerprint density at radius 1 is 1.42 bits per heavy atom. The van der Waals surface area contributed by atoms with Crippen LogP contribution >= 0.6 is 11.8 Å². The normalized spacial score (nSPS) is 10.1. The molecule has 0 amide bonds. The van der Waals surface area contributed by atoms with Crippen molar-refractivity contribution < 1.29 is 0 Å². The summed E-state index contributed by atoms with van der Waals surface area (Å²) in [5.74, 6) is 3.23. The fourth-order valence-corrected chi connectivity index (χ4v) is 1.08. The first-order valence-electron chi connectivity index (χ1n) is 4.16. The Kier molecular flexibility index (Phi) is 5.17. The van der Waals surface area contributed by atoms with Crippen molar-refractivity contribution in [2.24, 2.45) is 5.41 Å². The molecule has 0 unspecified atom stereocenters. The second-order valence-corrected chi connectivity index (χ2v) is 4.41. The van der Waals surface area contributed by atoms with Gasteiger partial charge in [0.2, 0.25) is 0 Å². The van der Waals surface area contributed by atoms with Gasteiger partial charge in [0.25, 0.3) is 0 Å². The van der Waals surface area contributed by atoms with Gasteiger partial charge >= 0.3 is 0 Å². The molecule has 0 atom stereocenters. The van der Waals surface area contributed by atoms with Crippen LogP contribution in [0.5, 0.6) is 0 Å². The zero-order valence-corrected chi connectivity index (χ0v) is 9.51. The second-order valence-electron chi connectivity index (χ2n) is 3.80. The van der Waals surface area contributed by atoms with Crippen molar-refractivity contribution in [1.29, 1.82) is 0 Å². The quantitative estimate of drug-likeness (QED) is 0.463. The highest BCUT2D eigenvalue weighted by atomic mass is 32.2. The lowest BCUT2D eigenvalue weighted by atomic mass is 9.90. The van der Waals surface area contributed by atoms with E-state index < -0.39 is 0 Å². The van der Waals surface area contributed by atoms with E-state index in [9.17, 15) is 0 Å². The predicted octanol–water partition coefficient (Wildman–Crippen LogP) is 3.69. The van der Waals surface area contributed by atoms with E-state index >= 15 is 0 Å². The van der Waals surface area contributed by atoms with Gasteiger partial charge in [0, 0.05) is 5.41 Å². The molecule has 0 N–H and O–H groups in total. The summed E-state index contributed by atoms with van der Waals surface area (Å²) in [5.41, 5.74) is 1.49. The molecule has 68 valence electrons. The molecule has 0 bridgehead atoms. The maximum absolute atomic E-state index is 3.23. The molecule has 0 aromatic carbocycles. The molecule has 12 heavy (non-hydrogen) atoms. The number of allylic oxidation sites excluding steroid dienone is 2.